The number of piperidine rings is 1. The molecule has 0 bridgehead atoms. The van der Waals surface area contributed by atoms with Crippen LogP contribution in [0.5, 0.6) is 0 Å². The highest BCUT2D eigenvalue weighted by atomic mass is 19.1. The molecule has 1 aromatic heterocycles. The average molecular weight is 348 g/mol. The van der Waals surface area contributed by atoms with Crippen molar-refractivity contribution in [2.75, 3.05) is 13.1 Å². The van der Waals surface area contributed by atoms with E-state index in [4.69, 9.17) is 0 Å². The molecule has 0 spiro atoms. The Balaban J connectivity index is 1.64. The standard InChI is InChI=1S/C18H22F2N4O/c1-2-18(25)21-14-4-3-8-23(11-14)12-15-7-9-24(22-15)17-6-5-13(19)10-16(17)20/h5-7,9-10,14H,2-4,8,11-12H2,1H3,(H,21,25)/t14-/m1/s1. The lowest BCUT2D eigenvalue weighted by molar-refractivity contribution is -0.121. The van der Waals surface area contributed by atoms with E-state index >= 15 is 0 Å². The van der Waals surface area contributed by atoms with Crippen LogP contribution in [0.25, 0.3) is 5.69 Å². The molecule has 0 saturated carbocycles. The zero-order chi connectivity index (χ0) is 17.8. The minimum Gasteiger partial charge on any atom is -0.352 e. The van der Waals surface area contributed by atoms with Gasteiger partial charge in [0.15, 0.2) is 5.82 Å². The Morgan fingerprint density at radius 1 is 1.36 bits per heavy atom. The van der Waals surface area contributed by atoms with Crippen LogP contribution in [0, 0.1) is 11.6 Å². The highest BCUT2D eigenvalue weighted by molar-refractivity contribution is 5.75. The summed E-state index contributed by atoms with van der Waals surface area (Å²) < 4.78 is 28.3. The Hall–Kier alpha value is -2.28. The first-order valence-corrected chi connectivity index (χ1v) is 8.57. The lowest BCUT2D eigenvalue weighted by Gasteiger charge is -2.32. The molecule has 25 heavy (non-hydrogen) atoms. The van der Waals surface area contributed by atoms with Crippen molar-refractivity contribution < 1.29 is 13.6 Å². The largest absolute Gasteiger partial charge is 0.352 e. The summed E-state index contributed by atoms with van der Waals surface area (Å²) in [5, 5.41) is 7.43. The molecule has 0 aliphatic carbocycles. The molecule has 1 fully saturated rings. The Morgan fingerprint density at radius 2 is 2.20 bits per heavy atom. The van der Waals surface area contributed by atoms with Gasteiger partial charge in [-0.25, -0.2) is 13.5 Å². The lowest BCUT2D eigenvalue weighted by atomic mass is 10.1. The van der Waals surface area contributed by atoms with Crippen molar-refractivity contribution in [3.05, 3.63) is 47.8 Å². The molecule has 1 N–H and O–H groups in total. The van der Waals surface area contributed by atoms with E-state index in [1.165, 1.54) is 16.8 Å². The smallest absolute Gasteiger partial charge is 0.219 e. The van der Waals surface area contributed by atoms with Gasteiger partial charge >= 0.3 is 0 Å². The maximum atomic E-state index is 13.9. The Morgan fingerprint density at radius 3 is 2.96 bits per heavy atom. The summed E-state index contributed by atoms with van der Waals surface area (Å²) in [6, 6.07) is 5.43. The Bertz CT molecular complexity index is 746. The van der Waals surface area contributed by atoms with Crippen molar-refractivity contribution in [1.82, 2.24) is 20.0 Å². The van der Waals surface area contributed by atoms with Gasteiger partial charge in [-0.3, -0.25) is 9.69 Å². The molecule has 0 unspecified atom stereocenters. The van der Waals surface area contributed by atoms with Crippen LogP contribution in [0.3, 0.4) is 0 Å². The number of nitrogens with one attached hydrogen (secondary N) is 1. The molecule has 1 atom stereocenters. The molecule has 3 rings (SSSR count). The first-order chi connectivity index (χ1) is 12.0. The number of rotatable bonds is 5. The highest BCUT2D eigenvalue weighted by Crippen LogP contribution is 2.16. The molecular formula is C18H22F2N4O. The topological polar surface area (TPSA) is 50.2 Å². The number of carbonyl (C=O) groups is 1. The number of likely N-dealkylation sites (tertiary alicyclic amines) is 1. The molecule has 1 aliphatic rings. The first kappa shape index (κ1) is 17.5. The van der Waals surface area contributed by atoms with E-state index in [2.05, 4.69) is 15.3 Å². The molecular weight excluding hydrogens is 326 g/mol. The minimum atomic E-state index is -0.644. The second kappa shape index (κ2) is 7.74. The lowest BCUT2D eigenvalue weighted by Crippen LogP contribution is -2.47. The molecule has 7 heteroatoms. The zero-order valence-corrected chi connectivity index (χ0v) is 14.2. The van der Waals surface area contributed by atoms with Crippen LogP contribution in [-0.2, 0) is 11.3 Å². The summed E-state index contributed by atoms with van der Waals surface area (Å²) in [5.74, 6) is -1.18. The molecule has 1 aliphatic heterocycles. The second-order valence-electron chi connectivity index (χ2n) is 6.34. The summed E-state index contributed by atoms with van der Waals surface area (Å²) in [6.45, 7) is 4.20. The third-order valence-corrected chi connectivity index (χ3v) is 4.38. The van der Waals surface area contributed by atoms with Crippen LogP contribution in [-0.4, -0.2) is 39.7 Å². The van der Waals surface area contributed by atoms with Gasteiger partial charge in [0.2, 0.25) is 5.91 Å². The van der Waals surface area contributed by atoms with Crippen molar-refractivity contribution in [2.45, 2.75) is 38.8 Å². The summed E-state index contributed by atoms with van der Waals surface area (Å²) in [4.78, 5) is 13.8. The van der Waals surface area contributed by atoms with E-state index in [1.807, 2.05) is 13.0 Å². The van der Waals surface area contributed by atoms with Crippen LogP contribution in [0.15, 0.2) is 30.5 Å². The predicted octanol–water partition coefficient (Wildman–Crippen LogP) is 2.64. The first-order valence-electron chi connectivity index (χ1n) is 8.57. The molecule has 2 heterocycles. The molecule has 2 aromatic rings. The SMILES string of the molecule is CCC(=O)N[C@@H]1CCCN(Cc2ccn(-c3ccc(F)cc3F)n2)C1. The van der Waals surface area contributed by atoms with Crippen LogP contribution in [0.4, 0.5) is 8.78 Å². The molecule has 1 aromatic carbocycles. The quantitative estimate of drug-likeness (QED) is 0.904. The van der Waals surface area contributed by atoms with Gasteiger partial charge in [-0.2, -0.15) is 5.10 Å². The van der Waals surface area contributed by atoms with Crippen LogP contribution in [0.1, 0.15) is 31.9 Å². The van der Waals surface area contributed by atoms with Gasteiger partial charge in [0.25, 0.3) is 0 Å². The summed E-state index contributed by atoms with van der Waals surface area (Å²) in [6.07, 6.45) is 4.16. The number of aromatic nitrogens is 2. The minimum absolute atomic E-state index is 0.0721. The maximum absolute atomic E-state index is 13.9. The van der Waals surface area contributed by atoms with Crippen molar-refractivity contribution >= 4 is 5.91 Å². The third kappa shape index (κ3) is 4.42. The molecule has 0 radical (unpaired) electrons. The van der Waals surface area contributed by atoms with E-state index in [1.54, 1.807) is 6.20 Å². The van der Waals surface area contributed by atoms with E-state index in [9.17, 15) is 13.6 Å². The number of hydrogen-bond acceptors (Lipinski definition) is 3. The van der Waals surface area contributed by atoms with Gasteiger partial charge in [0, 0.05) is 37.8 Å². The Labute approximate surface area is 145 Å². The zero-order valence-electron chi connectivity index (χ0n) is 14.2. The number of halogens is 2. The fraction of sp³-hybridized carbons (Fsp3) is 0.444. The van der Waals surface area contributed by atoms with E-state index in [0.717, 1.165) is 37.7 Å². The number of benzene rings is 1. The van der Waals surface area contributed by atoms with Crippen molar-refractivity contribution in [3.63, 3.8) is 0 Å². The van der Waals surface area contributed by atoms with Gasteiger partial charge in [0.1, 0.15) is 11.5 Å². The number of hydrogen-bond donors (Lipinski definition) is 1. The monoisotopic (exact) mass is 348 g/mol. The van der Waals surface area contributed by atoms with Crippen LogP contribution >= 0.6 is 0 Å². The summed E-state index contributed by atoms with van der Waals surface area (Å²) in [7, 11) is 0. The van der Waals surface area contributed by atoms with Gasteiger partial charge in [-0.15, -0.1) is 0 Å². The third-order valence-electron chi connectivity index (χ3n) is 4.38. The summed E-state index contributed by atoms with van der Waals surface area (Å²) >= 11 is 0. The van der Waals surface area contributed by atoms with Gasteiger partial charge in [0.05, 0.1) is 5.69 Å². The molecule has 1 saturated heterocycles. The van der Waals surface area contributed by atoms with Crippen molar-refractivity contribution in [2.24, 2.45) is 0 Å². The fourth-order valence-electron chi connectivity index (χ4n) is 3.12. The van der Waals surface area contributed by atoms with Gasteiger partial charge in [-0.1, -0.05) is 6.92 Å². The molecule has 5 nitrogen and oxygen atoms in total. The number of amides is 1. The van der Waals surface area contributed by atoms with E-state index in [0.29, 0.717) is 13.0 Å². The average Bonchev–Trinajstić information content (AvgIpc) is 3.03. The molecule has 1 amide bonds. The number of nitrogens with zero attached hydrogens (tertiary/aromatic N) is 3. The number of carbonyl (C=O) groups excluding carboxylic acids is 1. The predicted molar refractivity (Wildman–Crippen MR) is 90.2 cm³/mol. The normalized spacial score (nSPS) is 18.3. The summed E-state index contributed by atoms with van der Waals surface area (Å²) in [5.41, 5.74) is 1.03. The maximum Gasteiger partial charge on any atom is 0.219 e. The van der Waals surface area contributed by atoms with Gasteiger partial charge in [-0.05, 0) is 37.6 Å². The van der Waals surface area contributed by atoms with Crippen LogP contribution in [0.2, 0.25) is 0 Å². The van der Waals surface area contributed by atoms with Gasteiger partial charge < -0.3 is 5.32 Å². The van der Waals surface area contributed by atoms with Crippen molar-refractivity contribution in [3.8, 4) is 5.69 Å². The van der Waals surface area contributed by atoms with E-state index in [-0.39, 0.29) is 17.6 Å². The van der Waals surface area contributed by atoms with Crippen LogP contribution < -0.4 is 5.32 Å². The Kier molecular flexibility index (Phi) is 5.43. The second-order valence-corrected chi connectivity index (χ2v) is 6.34. The van der Waals surface area contributed by atoms with Crippen molar-refractivity contribution in [1.29, 1.82) is 0 Å². The highest BCUT2D eigenvalue weighted by Gasteiger charge is 2.21. The fourth-order valence-corrected chi connectivity index (χ4v) is 3.12. The molecule has 134 valence electrons. The van der Waals surface area contributed by atoms with E-state index < -0.39 is 11.6 Å².